The first-order chi connectivity index (χ1) is 10.7. The first kappa shape index (κ1) is 14.1. The minimum atomic E-state index is -0.129. The third kappa shape index (κ3) is 2.50. The van der Waals surface area contributed by atoms with Crippen LogP contribution in [0.15, 0.2) is 47.7 Å². The molecule has 0 saturated carbocycles. The number of fused-ring (bicyclic) bond motifs is 1. The van der Waals surface area contributed by atoms with Crippen LogP contribution >= 0.6 is 0 Å². The SMILES string of the molecule is COc1ccc(Cn2cnc3ncccc3c2=O)c(OC)c1. The fourth-order valence-corrected chi connectivity index (χ4v) is 2.28. The highest BCUT2D eigenvalue weighted by molar-refractivity contribution is 5.72. The maximum atomic E-state index is 12.5. The molecule has 2 aromatic heterocycles. The summed E-state index contributed by atoms with van der Waals surface area (Å²) in [5.74, 6) is 1.37. The van der Waals surface area contributed by atoms with Crippen molar-refractivity contribution < 1.29 is 9.47 Å². The van der Waals surface area contributed by atoms with E-state index in [1.165, 1.54) is 10.9 Å². The molecule has 0 saturated heterocycles. The Hall–Kier alpha value is -2.89. The highest BCUT2D eigenvalue weighted by atomic mass is 16.5. The van der Waals surface area contributed by atoms with Crippen molar-refractivity contribution in [2.75, 3.05) is 14.2 Å². The summed E-state index contributed by atoms with van der Waals surface area (Å²) in [7, 11) is 3.18. The lowest BCUT2D eigenvalue weighted by molar-refractivity contribution is 0.390. The molecule has 22 heavy (non-hydrogen) atoms. The number of ether oxygens (including phenoxy) is 2. The summed E-state index contributed by atoms with van der Waals surface area (Å²) in [5.41, 5.74) is 1.19. The zero-order chi connectivity index (χ0) is 15.5. The largest absolute Gasteiger partial charge is 0.497 e. The zero-order valence-electron chi connectivity index (χ0n) is 12.3. The number of pyridine rings is 1. The van der Waals surface area contributed by atoms with Gasteiger partial charge in [0.15, 0.2) is 5.65 Å². The van der Waals surface area contributed by atoms with Crippen LogP contribution in [0.2, 0.25) is 0 Å². The molecule has 1 aromatic carbocycles. The lowest BCUT2D eigenvalue weighted by Gasteiger charge is -2.12. The fourth-order valence-electron chi connectivity index (χ4n) is 2.28. The number of aromatic nitrogens is 3. The Morgan fingerprint density at radius 1 is 1.14 bits per heavy atom. The molecule has 0 unspecified atom stereocenters. The lowest BCUT2D eigenvalue weighted by atomic mass is 10.2. The number of hydrogen-bond acceptors (Lipinski definition) is 5. The number of benzene rings is 1. The fraction of sp³-hybridized carbons (Fsp3) is 0.188. The van der Waals surface area contributed by atoms with Crippen LogP contribution in [0.3, 0.4) is 0 Å². The number of rotatable bonds is 4. The molecule has 0 aliphatic heterocycles. The van der Waals surface area contributed by atoms with Gasteiger partial charge >= 0.3 is 0 Å². The van der Waals surface area contributed by atoms with Gasteiger partial charge < -0.3 is 9.47 Å². The Morgan fingerprint density at radius 2 is 2.00 bits per heavy atom. The van der Waals surface area contributed by atoms with Crippen LogP contribution in [-0.4, -0.2) is 28.8 Å². The molecule has 0 aliphatic carbocycles. The molecule has 0 radical (unpaired) electrons. The topological polar surface area (TPSA) is 66.2 Å². The molecule has 0 amide bonds. The minimum absolute atomic E-state index is 0.129. The van der Waals surface area contributed by atoms with Crippen molar-refractivity contribution in [3.8, 4) is 11.5 Å². The van der Waals surface area contributed by atoms with Crippen LogP contribution < -0.4 is 15.0 Å². The summed E-state index contributed by atoms with van der Waals surface area (Å²) in [4.78, 5) is 20.8. The minimum Gasteiger partial charge on any atom is -0.497 e. The van der Waals surface area contributed by atoms with Gasteiger partial charge in [0, 0.05) is 17.8 Å². The van der Waals surface area contributed by atoms with E-state index in [1.807, 2.05) is 12.1 Å². The van der Waals surface area contributed by atoms with E-state index in [0.717, 1.165) is 5.56 Å². The summed E-state index contributed by atoms with van der Waals surface area (Å²) >= 11 is 0. The Balaban J connectivity index is 2.03. The van der Waals surface area contributed by atoms with Gasteiger partial charge in [0.25, 0.3) is 5.56 Å². The summed E-state index contributed by atoms with van der Waals surface area (Å²) in [6.07, 6.45) is 3.12. The molecule has 6 nitrogen and oxygen atoms in total. The van der Waals surface area contributed by atoms with Crippen LogP contribution in [-0.2, 0) is 6.54 Å². The predicted molar refractivity (Wildman–Crippen MR) is 82.4 cm³/mol. The number of hydrogen-bond donors (Lipinski definition) is 0. The molecule has 0 spiro atoms. The molecule has 112 valence electrons. The van der Waals surface area contributed by atoms with Gasteiger partial charge in [-0.2, -0.15) is 0 Å². The average molecular weight is 297 g/mol. The van der Waals surface area contributed by atoms with E-state index in [2.05, 4.69) is 9.97 Å². The van der Waals surface area contributed by atoms with Crippen molar-refractivity contribution in [1.82, 2.24) is 14.5 Å². The van der Waals surface area contributed by atoms with Gasteiger partial charge in [-0.1, -0.05) is 0 Å². The van der Waals surface area contributed by atoms with E-state index in [0.29, 0.717) is 29.1 Å². The highest BCUT2D eigenvalue weighted by Gasteiger charge is 2.09. The molecule has 0 fully saturated rings. The van der Waals surface area contributed by atoms with Gasteiger partial charge in [-0.3, -0.25) is 9.36 Å². The van der Waals surface area contributed by atoms with E-state index in [1.54, 1.807) is 38.6 Å². The molecule has 0 atom stereocenters. The molecule has 2 heterocycles. The van der Waals surface area contributed by atoms with E-state index in [-0.39, 0.29) is 5.56 Å². The molecular weight excluding hydrogens is 282 g/mol. The van der Waals surface area contributed by atoms with Crippen LogP contribution in [0, 0.1) is 0 Å². The molecule has 0 N–H and O–H groups in total. The second-order valence-corrected chi connectivity index (χ2v) is 4.73. The monoisotopic (exact) mass is 297 g/mol. The molecule has 0 bridgehead atoms. The lowest BCUT2D eigenvalue weighted by Crippen LogP contribution is -2.21. The highest BCUT2D eigenvalue weighted by Crippen LogP contribution is 2.25. The molecule has 3 aromatic rings. The van der Waals surface area contributed by atoms with Gasteiger partial charge in [-0.15, -0.1) is 0 Å². The van der Waals surface area contributed by atoms with E-state index >= 15 is 0 Å². The number of methoxy groups -OCH3 is 2. The first-order valence-corrected chi connectivity index (χ1v) is 6.74. The van der Waals surface area contributed by atoms with E-state index in [4.69, 9.17) is 9.47 Å². The van der Waals surface area contributed by atoms with E-state index < -0.39 is 0 Å². The average Bonchev–Trinajstić information content (AvgIpc) is 2.58. The summed E-state index contributed by atoms with van der Waals surface area (Å²) < 4.78 is 12.1. The van der Waals surface area contributed by atoms with Crippen LogP contribution in [0.25, 0.3) is 11.0 Å². The van der Waals surface area contributed by atoms with Gasteiger partial charge in [0.05, 0.1) is 26.2 Å². The Morgan fingerprint density at radius 3 is 2.77 bits per heavy atom. The summed E-state index contributed by atoms with van der Waals surface area (Å²) in [6.45, 7) is 0.365. The van der Waals surface area contributed by atoms with Crippen molar-refractivity contribution in [1.29, 1.82) is 0 Å². The second-order valence-electron chi connectivity index (χ2n) is 4.73. The first-order valence-electron chi connectivity index (χ1n) is 6.74. The summed E-state index contributed by atoms with van der Waals surface area (Å²) in [6, 6.07) is 8.94. The molecular formula is C16H15N3O3. The third-order valence-corrected chi connectivity index (χ3v) is 3.43. The molecule has 0 aliphatic rings. The quantitative estimate of drug-likeness (QED) is 0.735. The number of nitrogens with zero attached hydrogens (tertiary/aromatic N) is 3. The maximum Gasteiger partial charge on any atom is 0.263 e. The Kier molecular flexibility index (Phi) is 3.74. The maximum absolute atomic E-state index is 12.5. The standard InChI is InChI=1S/C16H15N3O3/c1-21-12-6-5-11(14(8-12)22-2)9-19-10-18-15-13(16(19)20)4-3-7-17-15/h3-8,10H,9H2,1-2H3. The smallest absolute Gasteiger partial charge is 0.263 e. The van der Waals surface area contributed by atoms with Crippen LogP contribution in [0.1, 0.15) is 5.56 Å². The Bertz CT molecular complexity index is 874. The van der Waals surface area contributed by atoms with Crippen molar-refractivity contribution in [3.05, 3.63) is 58.8 Å². The van der Waals surface area contributed by atoms with Crippen LogP contribution in [0.5, 0.6) is 11.5 Å². The van der Waals surface area contributed by atoms with Gasteiger partial charge in [0.1, 0.15) is 17.8 Å². The van der Waals surface area contributed by atoms with Gasteiger partial charge in [0.2, 0.25) is 0 Å². The van der Waals surface area contributed by atoms with Crippen LogP contribution in [0.4, 0.5) is 0 Å². The zero-order valence-corrected chi connectivity index (χ0v) is 12.3. The van der Waals surface area contributed by atoms with Crippen molar-refractivity contribution in [2.45, 2.75) is 6.54 Å². The molecule has 6 heteroatoms. The summed E-state index contributed by atoms with van der Waals surface area (Å²) in [5, 5.41) is 0.498. The van der Waals surface area contributed by atoms with E-state index in [9.17, 15) is 4.79 Å². The second kappa shape index (κ2) is 5.85. The molecule has 3 rings (SSSR count). The predicted octanol–water partition coefficient (Wildman–Crippen LogP) is 1.86. The Labute approximate surface area is 127 Å². The van der Waals surface area contributed by atoms with Crippen molar-refractivity contribution >= 4 is 11.0 Å². The van der Waals surface area contributed by atoms with Crippen molar-refractivity contribution in [2.24, 2.45) is 0 Å². The normalized spacial score (nSPS) is 10.6. The third-order valence-electron chi connectivity index (χ3n) is 3.43. The van der Waals surface area contributed by atoms with Gasteiger partial charge in [-0.25, -0.2) is 9.97 Å². The van der Waals surface area contributed by atoms with Gasteiger partial charge in [-0.05, 0) is 24.3 Å². The van der Waals surface area contributed by atoms with Crippen molar-refractivity contribution in [3.63, 3.8) is 0 Å².